The molecule has 1 saturated carbocycles. The van der Waals surface area contributed by atoms with Crippen LogP contribution in [0.4, 0.5) is 0 Å². The van der Waals surface area contributed by atoms with E-state index in [-0.39, 0.29) is 11.8 Å². The maximum Gasteiger partial charge on any atom is 0.311 e. The molecule has 1 aromatic heterocycles. The number of nitrogens with one attached hydrogen (secondary N) is 1. The summed E-state index contributed by atoms with van der Waals surface area (Å²) in [6, 6.07) is 6.86. The average molecular weight is 383 g/mol. The molecule has 1 unspecified atom stereocenters. The molecule has 5 heteroatoms. The predicted molar refractivity (Wildman–Crippen MR) is 109 cm³/mol. The van der Waals surface area contributed by atoms with Crippen LogP contribution in [0.1, 0.15) is 49.1 Å². The number of carbonyl (C=O) groups is 1. The molecule has 0 spiro atoms. The first-order chi connectivity index (χ1) is 13.5. The number of aromatic amines is 1. The highest BCUT2D eigenvalue weighted by molar-refractivity contribution is 5.88. The molecular formula is C23H30N2O3. The molecule has 2 heterocycles. The molecule has 1 aliphatic heterocycles. The molecule has 0 radical (unpaired) electrons. The zero-order chi connectivity index (χ0) is 19.5. The average Bonchev–Trinajstić information content (AvgIpc) is 3.13. The SMILES string of the molecule is COC1CCC(C2(C(=O)O)C[C@@H]3c4cccc5[nH]cc(c45)C[C@H]3N(C)C2)CC1. The van der Waals surface area contributed by atoms with E-state index in [2.05, 4.69) is 41.3 Å². The number of fused-ring (bicyclic) bond motifs is 2. The second-order valence-corrected chi connectivity index (χ2v) is 9.25. The predicted octanol–water partition coefficient (Wildman–Crippen LogP) is 3.79. The lowest BCUT2D eigenvalue weighted by Crippen LogP contribution is -2.58. The Morgan fingerprint density at radius 2 is 2.07 bits per heavy atom. The van der Waals surface area contributed by atoms with Gasteiger partial charge in [-0.15, -0.1) is 0 Å². The maximum absolute atomic E-state index is 12.7. The number of rotatable bonds is 3. The summed E-state index contributed by atoms with van der Waals surface area (Å²) in [5.41, 5.74) is 3.24. The van der Waals surface area contributed by atoms with E-state index in [4.69, 9.17) is 4.74 Å². The summed E-state index contributed by atoms with van der Waals surface area (Å²) in [6.45, 7) is 0.654. The second-order valence-electron chi connectivity index (χ2n) is 9.25. The van der Waals surface area contributed by atoms with Crippen LogP contribution in [0.5, 0.6) is 0 Å². The summed E-state index contributed by atoms with van der Waals surface area (Å²) < 4.78 is 5.53. The number of H-pyrrole nitrogens is 1. The Morgan fingerprint density at radius 3 is 2.79 bits per heavy atom. The van der Waals surface area contributed by atoms with Gasteiger partial charge in [-0.05, 0) is 68.7 Å². The number of nitrogens with zero attached hydrogens (tertiary/aromatic N) is 1. The molecule has 2 aromatic rings. The van der Waals surface area contributed by atoms with Crippen LogP contribution < -0.4 is 0 Å². The highest BCUT2D eigenvalue weighted by atomic mass is 16.5. The van der Waals surface area contributed by atoms with Crippen molar-refractivity contribution in [1.82, 2.24) is 9.88 Å². The smallest absolute Gasteiger partial charge is 0.311 e. The summed E-state index contributed by atoms with van der Waals surface area (Å²) in [7, 11) is 3.90. The van der Waals surface area contributed by atoms with Crippen molar-refractivity contribution in [3.8, 4) is 0 Å². The Kier molecular flexibility index (Phi) is 4.29. The van der Waals surface area contributed by atoms with E-state index in [1.54, 1.807) is 7.11 Å². The molecule has 1 saturated heterocycles. The van der Waals surface area contributed by atoms with E-state index in [9.17, 15) is 9.90 Å². The number of hydrogen-bond donors (Lipinski definition) is 2. The first kappa shape index (κ1) is 18.2. The Balaban J connectivity index is 1.54. The molecule has 2 aliphatic carbocycles. The van der Waals surface area contributed by atoms with Crippen molar-refractivity contribution in [2.24, 2.45) is 11.3 Å². The Hall–Kier alpha value is -1.85. The van der Waals surface area contributed by atoms with Crippen LogP contribution in [0.15, 0.2) is 24.4 Å². The molecule has 3 aliphatic rings. The van der Waals surface area contributed by atoms with Gasteiger partial charge in [-0.3, -0.25) is 4.79 Å². The fourth-order valence-electron chi connectivity index (χ4n) is 6.54. The zero-order valence-corrected chi connectivity index (χ0v) is 16.8. The van der Waals surface area contributed by atoms with Gasteiger partial charge in [-0.25, -0.2) is 0 Å². The number of benzene rings is 1. The number of ether oxygens (including phenoxy) is 1. The monoisotopic (exact) mass is 382 g/mol. The summed E-state index contributed by atoms with van der Waals surface area (Å²) >= 11 is 0. The van der Waals surface area contributed by atoms with Gasteiger partial charge in [0.1, 0.15) is 0 Å². The summed E-state index contributed by atoms with van der Waals surface area (Å²) in [5.74, 6) is -0.0978. The number of aromatic nitrogens is 1. The van der Waals surface area contributed by atoms with Gasteiger partial charge in [0.15, 0.2) is 0 Å². The number of carboxylic acids is 1. The minimum atomic E-state index is -0.662. The molecular weight excluding hydrogens is 352 g/mol. The van der Waals surface area contributed by atoms with E-state index >= 15 is 0 Å². The highest BCUT2D eigenvalue weighted by Gasteiger charge is 2.54. The number of aliphatic carboxylic acids is 1. The third-order valence-electron chi connectivity index (χ3n) is 8.01. The van der Waals surface area contributed by atoms with Crippen molar-refractivity contribution < 1.29 is 14.6 Å². The van der Waals surface area contributed by atoms with E-state index in [1.165, 1.54) is 22.0 Å². The molecule has 1 aromatic carbocycles. The summed E-state index contributed by atoms with van der Waals surface area (Å²) in [6.07, 6.45) is 8.06. The van der Waals surface area contributed by atoms with Gasteiger partial charge in [0, 0.05) is 42.7 Å². The number of hydrogen-bond acceptors (Lipinski definition) is 3. The van der Waals surface area contributed by atoms with Crippen LogP contribution in [-0.2, 0) is 16.0 Å². The van der Waals surface area contributed by atoms with Gasteiger partial charge in [0.25, 0.3) is 0 Å². The molecule has 28 heavy (non-hydrogen) atoms. The van der Waals surface area contributed by atoms with Crippen molar-refractivity contribution >= 4 is 16.9 Å². The molecule has 0 amide bonds. The van der Waals surface area contributed by atoms with Crippen molar-refractivity contribution in [3.63, 3.8) is 0 Å². The second kappa shape index (κ2) is 6.60. The number of carboxylic acid groups (broad SMARTS) is 1. The van der Waals surface area contributed by atoms with Gasteiger partial charge >= 0.3 is 5.97 Å². The van der Waals surface area contributed by atoms with Gasteiger partial charge in [0.2, 0.25) is 0 Å². The molecule has 3 atom stereocenters. The quantitative estimate of drug-likeness (QED) is 0.848. The largest absolute Gasteiger partial charge is 0.481 e. The molecule has 0 bridgehead atoms. The molecule has 5 rings (SSSR count). The fourth-order valence-corrected chi connectivity index (χ4v) is 6.54. The standard InChI is InChI=1S/C23H30N2O3/c1-25-13-23(22(26)27,15-6-8-16(28-2)9-7-15)11-18-17-4-3-5-19-21(17)14(12-24-19)10-20(18)25/h3-5,12,15-16,18,20,24H,6-11,13H2,1-2H3,(H,26,27)/t15?,16?,18-,20-,23?/m1/s1. The molecule has 5 nitrogen and oxygen atoms in total. The van der Waals surface area contributed by atoms with E-state index in [0.717, 1.165) is 38.5 Å². The topological polar surface area (TPSA) is 65.6 Å². The lowest BCUT2D eigenvalue weighted by atomic mass is 9.59. The van der Waals surface area contributed by atoms with Crippen molar-refractivity contribution in [2.45, 2.75) is 56.6 Å². The van der Waals surface area contributed by atoms with E-state index in [0.29, 0.717) is 18.7 Å². The van der Waals surface area contributed by atoms with Crippen LogP contribution in [0.2, 0.25) is 0 Å². The maximum atomic E-state index is 12.7. The van der Waals surface area contributed by atoms with Crippen LogP contribution in [0.25, 0.3) is 10.9 Å². The van der Waals surface area contributed by atoms with Crippen LogP contribution in [-0.4, -0.2) is 53.8 Å². The summed E-state index contributed by atoms with van der Waals surface area (Å²) in [5, 5.41) is 11.8. The van der Waals surface area contributed by atoms with Crippen molar-refractivity contribution in [3.05, 3.63) is 35.5 Å². The number of likely N-dealkylation sites (N-methyl/N-ethyl adjacent to an activating group) is 1. The van der Waals surface area contributed by atoms with Gasteiger partial charge in [-0.1, -0.05) is 12.1 Å². The van der Waals surface area contributed by atoms with Crippen LogP contribution in [0, 0.1) is 11.3 Å². The molecule has 2 fully saturated rings. The fraction of sp³-hybridized carbons (Fsp3) is 0.609. The van der Waals surface area contributed by atoms with E-state index in [1.807, 2.05) is 0 Å². The third-order valence-corrected chi connectivity index (χ3v) is 8.01. The Labute approximate surface area is 166 Å². The van der Waals surface area contributed by atoms with Crippen LogP contribution in [0.3, 0.4) is 0 Å². The van der Waals surface area contributed by atoms with Crippen LogP contribution >= 0.6 is 0 Å². The third kappa shape index (κ3) is 2.56. The van der Waals surface area contributed by atoms with Crippen molar-refractivity contribution in [2.75, 3.05) is 20.7 Å². The normalized spacial score (nSPS) is 35.6. The van der Waals surface area contributed by atoms with Gasteiger partial charge < -0.3 is 19.7 Å². The molecule has 150 valence electrons. The van der Waals surface area contributed by atoms with Gasteiger partial charge in [-0.2, -0.15) is 0 Å². The number of methoxy groups -OCH3 is 1. The minimum Gasteiger partial charge on any atom is -0.481 e. The summed E-state index contributed by atoms with van der Waals surface area (Å²) in [4.78, 5) is 18.5. The highest BCUT2D eigenvalue weighted by Crippen LogP contribution is 2.53. The lowest BCUT2D eigenvalue weighted by molar-refractivity contribution is -0.161. The molecule has 2 N–H and O–H groups in total. The lowest BCUT2D eigenvalue weighted by Gasteiger charge is -2.53. The zero-order valence-electron chi connectivity index (χ0n) is 16.8. The minimum absolute atomic E-state index is 0.228. The first-order valence-corrected chi connectivity index (χ1v) is 10.6. The Bertz CT molecular complexity index is 898. The Morgan fingerprint density at radius 1 is 1.29 bits per heavy atom. The van der Waals surface area contributed by atoms with E-state index < -0.39 is 11.4 Å². The first-order valence-electron chi connectivity index (χ1n) is 10.6. The van der Waals surface area contributed by atoms with Crippen molar-refractivity contribution in [1.29, 1.82) is 0 Å². The van der Waals surface area contributed by atoms with Gasteiger partial charge in [0.05, 0.1) is 11.5 Å². The number of piperidine rings is 1. The number of likely N-dealkylation sites (tertiary alicyclic amines) is 1.